The van der Waals surface area contributed by atoms with Crippen molar-refractivity contribution in [3.05, 3.63) is 53.6 Å². The molecule has 1 aliphatic heterocycles. The number of hydrogen-bond donors (Lipinski definition) is 2. The Hall–Kier alpha value is -2.89. The van der Waals surface area contributed by atoms with Gasteiger partial charge in [-0.25, -0.2) is 9.97 Å². The van der Waals surface area contributed by atoms with Gasteiger partial charge in [-0.3, -0.25) is 4.79 Å². The van der Waals surface area contributed by atoms with Crippen molar-refractivity contribution in [2.75, 3.05) is 12.3 Å². The van der Waals surface area contributed by atoms with Gasteiger partial charge in [-0.2, -0.15) is 0 Å². The molecule has 0 aliphatic carbocycles. The molecular weight excluding hydrogens is 326 g/mol. The molecule has 0 saturated carbocycles. The minimum Gasteiger partial charge on any atom is -0.384 e. The molecule has 2 aromatic heterocycles. The van der Waals surface area contributed by atoms with E-state index in [1.54, 1.807) is 6.07 Å². The molecule has 1 saturated heterocycles. The van der Waals surface area contributed by atoms with Crippen molar-refractivity contribution in [3.8, 4) is 0 Å². The Bertz CT molecular complexity index is 928. The summed E-state index contributed by atoms with van der Waals surface area (Å²) in [5.74, 6) is 1.29. The highest BCUT2D eigenvalue weighted by Crippen LogP contribution is 2.32. The summed E-state index contributed by atoms with van der Waals surface area (Å²) in [6.45, 7) is 2.61. The van der Waals surface area contributed by atoms with E-state index in [-0.39, 0.29) is 11.9 Å². The van der Waals surface area contributed by atoms with Gasteiger partial charge in [-0.1, -0.05) is 18.2 Å². The molecule has 134 valence electrons. The molecule has 0 bridgehead atoms. The van der Waals surface area contributed by atoms with Crippen molar-refractivity contribution in [1.29, 1.82) is 0 Å². The summed E-state index contributed by atoms with van der Waals surface area (Å²) in [6.07, 6.45) is 5.16. The van der Waals surface area contributed by atoms with E-state index in [0.717, 1.165) is 37.0 Å². The predicted molar refractivity (Wildman–Crippen MR) is 101 cm³/mol. The summed E-state index contributed by atoms with van der Waals surface area (Å²) in [5.41, 5.74) is 9.02. The Balaban J connectivity index is 1.48. The number of anilines is 1. The van der Waals surface area contributed by atoms with E-state index in [4.69, 9.17) is 5.73 Å². The number of H-pyrrole nitrogens is 1. The average Bonchev–Trinajstić information content (AvgIpc) is 3.26. The van der Waals surface area contributed by atoms with E-state index in [9.17, 15) is 4.79 Å². The molecule has 1 aliphatic rings. The molecule has 1 unspecified atom stereocenters. The second kappa shape index (κ2) is 6.78. The number of amides is 1. The first-order chi connectivity index (χ1) is 12.6. The largest absolute Gasteiger partial charge is 0.384 e. The molecule has 1 amide bonds. The zero-order valence-corrected chi connectivity index (χ0v) is 14.9. The van der Waals surface area contributed by atoms with Crippen molar-refractivity contribution in [3.63, 3.8) is 0 Å². The van der Waals surface area contributed by atoms with E-state index in [1.165, 1.54) is 10.9 Å². The summed E-state index contributed by atoms with van der Waals surface area (Å²) >= 11 is 0. The highest BCUT2D eigenvalue weighted by molar-refractivity contribution is 5.84. The van der Waals surface area contributed by atoms with Crippen LogP contribution in [0.4, 0.5) is 5.82 Å². The minimum absolute atomic E-state index is 0.00877. The fourth-order valence-corrected chi connectivity index (χ4v) is 3.88. The van der Waals surface area contributed by atoms with Gasteiger partial charge in [-0.05, 0) is 37.8 Å². The van der Waals surface area contributed by atoms with Gasteiger partial charge in [-0.15, -0.1) is 0 Å². The standard InChI is InChI=1S/C20H23N5O/c1-13-23-17(11-19(21)24-13)18-7-4-10-25(18)20(26)9-8-14-12-22-16-6-3-2-5-15(14)16/h2-3,5-6,11-12,18,22H,4,7-10H2,1H3,(H2,21,23,24). The molecule has 3 aromatic rings. The van der Waals surface area contributed by atoms with Crippen LogP contribution in [0.15, 0.2) is 36.5 Å². The Kier molecular flexibility index (Phi) is 4.32. The van der Waals surface area contributed by atoms with E-state index in [0.29, 0.717) is 18.1 Å². The van der Waals surface area contributed by atoms with Crippen LogP contribution in [0.25, 0.3) is 10.9 Å². The molecule has 3 heterocycles. The molecule has 1 fully saturated rings. The fourth-order valence-electron chi connectivity index (χ4n) is 3.88. The van der Waals surface area contributed by atoms with Crippen LogP contribution in [-0.4, -0.2) is 32.3 Å². The van der Waals surface area contributed by atoms with Crippen LogP contribution in [0.5, 0.6) is 0 Å². The maximum absolute atomic E-state index is 12.9. The molecule has 4 rings (SSSR count). The quantitative estimate of drug-likeness (QED) is 0.757. The number of aromatic nitrogens is 3. The maximum atomic E-state index is 12.9. The molecule has 1 atom stereocenters. The SMILES string of the molecule is Cc1nc(N)cc(C2CCCN2C(=O)CCc2c[nH]c3ccccc23)n1. The van der Waals surface area contributed by atoms with E-state index >= 15 is 0 Å². The van der Waals surface area contributed by atoms with Gasteiger partial charge >= 0.3 is 0 Å². The van der Waals surface area contributed by atoms with E-state index in [2.05, 4.69) is 27.1 Å². The van der Waals surface area contributed by atoms with Gasteiger partial charge in [0.1, 0.15) is 11.6 Å². The number of nitrogens with one attached hydrogen (secondary N) is 1. The Morgan fingerprint density at radius 3 is 3.04 bits per heavy atom. The van der Waals surface area contributed by atoms with Crippen LogP contribution in [0.2, 0.25) is 0 Å². The summed E-state index contributed by atoms with van der Waals surface area (Å²) in [6, 6.07) is 9.99. The number of aromatic amines is 1. The number of carbonyl (C=O) groups is 1. The molecule has 0 radical (unpaired) electrons. The average molecular weight is 349 g/mol. The first kappa shape index (κ1) is 16.6. The summed E-state index contributed by atoms with van der Waals surface area (Å²) < 4.78 is 0. The number of aryl methyl sites for hydroxylation is 2. The van der Waals surface area contributed by atoms with Crippen LogP contribution in [0.1, 0.15) is 42.4 Å². The zero-order valence-electron chi connectivity index (χ0n) is 14.9. The van der Waals surface area contributed by atoms with Gasteiger partial charge in [0.2, 0.25) is 5.91 Å². The number of hydrogen-bond acceptors (Lipinski definition) is 4. The molecule has 26 heavy (non-hydrogen) atoms. The normalized spacial score (nSPS) is 17.1. The van der Waals surface area contributed by atoms with Gasteiger partial charge in [0, 0.05) is 36.1 Å². The lowest BCUT2D eigenvalue weighted by atomic mass is 10.1. The number of nitrogens with two attached hydrogens (primary N) is 1. The topological polar surface area (TPSA) is 87.9 Å². The molecule has 6 heteroatoms. The highest BCUT2D eigenvalue weighted by Gasteiger charge is 2.31. The number of nitrogen functional groups attached to an aromatic ring is 1. The third kappa shape index (κ3) is 3.14. The number of rotatable bonds is 4. The molecular formula is C20H23N5O. The fraction of sp³-hybridized carbons (Fsp3) is 0.350. The van der Waals surface area contributed by atoms with Crippen molar-refractivity contribution in [2.45, 2.75) is 38.6 Å². The molecule has 3 N–H and O–H groups in total. The number of fused-ring (bicyclic) bond motifs is 1. The second-order valence-electron chi connectivity index (χ2n) is 6.87. The Labute approximate surface area is 152 Å². The molecule has 6 nitrogen and oxygen atoms in total. The van der Waals surface area contributed by atoms with E-state index in [1.807, 2.05) is 30.2 Å². The van der Waals surface area contributed by atoms with Crippen molar-refractivity contribution < 1.29 is 4.79 Å². The lowest BCUT2D eigenvalue weighted by Crippen LogP contribution is -2.31. The summed E-state index contributed by atoms with van der Waals surface area (Å²) in [4.78, 5) is 26.7. The van der Waals surface area contributed by atoms with Crippen LogP contribution < -0.4 is 5.73 Å². The first-order valence-corrected chi connectivity index (χ1v) is 9.07. The van der Waals surface area contributed by atoms with Gasteiger partial charge in [0.05, 0.1) is 11.7 Å². The number of benzene rings is 1. The highest BCUT2D eigenvalue weighted by atomic mass is 16.2. The first-order valence-electron chi connectivity index (χ1n) is 9.07. The van der Waals surface area contributed by atoms with Gasteiger partial charge < -0.3 is 15.6 Å². The van der Waals surface area contributed by atoms with Gasteiger partial charge in [0.15, 0.2) is 0 Å². The van der Waals surface area contributed by atoms with Crippen LogP contribution in [0.3, 0.4) is 0 Å². The lowest BCUT2D eigenvalue weighted by molar-refractivity contribution is -0.132. The number of para-hydroxylation sites is 1. The Morgan fingerprint density at radius 1 is 1.35 bits per heavy atom. The smallest absolute Gasteiger partial charge is 0.223 e. The second-order valence-corrected chi connectivity index (χ2v) is 6.87. The van der Waals surface area contributed by atoms with Crippen LogP contribution in [0, 0.1) is 6.92 Å². The predicted octanol–water partition coefficient (Wildman–Crippen LogP) is 3.14. The minimum atomic E-state index is 0.00877. The summed E-state index contributed by atoms with van der Waals surface area (Å²) in [7, 11) is 0. The third-order valence-electron chi connectivity index (χ3n) is 5.08. The van der Waals surface area contributed by atoms with Crippen molar-refractivity contribution in [2.24, 2.45) is 0 Å². The molecule has 1 aromatic carbocycles. The van der Waals surface area contributed by atoms with Gasteiger partial charge in [0.25, 0.3) is 0 Å². The third-order valence-corrected chi connectivity index (χ3v) is 5.08. The number of carbonyl (C=O) groups excluding carboxylic acids is 1. The Morgan fingerprint density at radius 2 is 2.19 bits per heavy atom. The monoisotopic (exact) mass is 349 g/mol. The van der Waals surface area contributed by atoms with Crippen molar-refractivity contribution >= 4 is 22.6 Å². The van der Waals surface area contributed by atoms with E-state index < -0.39 is 0 Å². The van der Waals surface area contributed by atoms with Crippen LogP contribution >= 0.6 is 0 Å². The number of nitrogens with zero attached hydrogens (tertiary/aromatic N) is 3. The van der Waals surface area contributed by atoms with Crippen molar-refractivity contribution in [1.82, 2.24) is 19.9 Å². The maximum Gasteiger partial charge on any atom is 0.223 e. The zero-order chi connectivity index (χ0) is 18.1. The lowest BCUT2D eigenvalue weighted by Gasteiger charge is -2.24. The molecule has 0 spiro atoms. The summed E-state index contributed by atoms with van der Waals surface area (Å²) in [5, 5.41) is 1.19. The number of likely N-dealkylation sites (tertiary alicyclic amines) is 1. The van der Waals surface area contributed by atoms with Crippen LogP contribution in [-0.2, 0) is 11.2 Å².